The van der Waals surface area contributed by atoms with E-state index < -0.39 is 17.2 Å². The Labute approximate surface area is 142 Å². The van der Waals surface area contributed by atoms with Crippen LogP contribution in [-0.4, -0.2) is 40.5 Å². The van der Waals surface area contributed by atoms with Crippen LogP contribution < -0.4 is 16.0 Å². The Bertz CT molecular complexity index is 859. The molecule has 3 rings (SSSR count). The number of aromatic nitrogens is 2. The number of benzene rings is 1. The molecule has 1 aliphatic heterocycles. The van der Waals surface area contributed by atoms with E-state index in [0.717, 1.165) is 19.0 Å². The molecule has 0 aliphatic carbocycles. The van der Waals surface area contributed by atoms with Crippen molar-refractivity contribution >= 4 is 5.91 Å². The number of piperidine rings is 1. The number of nitrogens with zero attached hydrogens (tertiary/aromatic N) is 1. The summed E-state index contributed by atoms with van der Waals surface area (Å²) in [5.74, 6) is -0.0524. The standard InChI is InChI=1S/C17H18FN3O4/c18-12-3-5-13(6-4-12)25-10-11-2-1-7-21(9-11)16(23)14-8-19-17(24)20-15(14)22/h3-6,8,11H,1-2,7,9-10H2,(H2,19,20,22,24). The maximum Gasteiger partial charge on any atom is 0.325 e. The van der Waals surface area contributed by atoms with Gasteiger partial charge in [0.05, 0.1) is 6.61 Å². The number of halogens is 1. The predicted octanol–water partition coefficient (Wildman–Crippen LogP) is 1.13. The highest BCUT2D eigenvalue weighted by Gasteiger charge is 2.26. The van der Waals surface area contributed by atoms with Crippen molar-refractivity contribution in [2.45, 2.75) is 12.8 Å². The predicted molar refractivity (Wildman–Crippen MR) is 88.2 cm³/mol. The van der Waals surface area contributed by atoms with Gasteiger partial charge in [0.2, 0.25) is 0 Å². The molecule has 1 fully saturated rings. The van der Waals surface area contributed by atoms with Gasteiger partial charge in [0.15, 0.2) is 0 Å². The SMILES string of the molecule is O=C(c1c[nH]c(=O)[nH]c1=O)N1CCCC(COc2ccc(F)cc2)C1. The Hall–Kier alpha value is -2.90. The second-order valence-corrected chi connectivity index (χ2v) is 6.01. The van der Waals surface area contributed by atoms with Crippen LogP contribution in [0.1, 0.15) is 23.2 Å². The van der Waals surface area contributed by atoms with Gasteiger partial charge in [-0.3, -0.25) is 14.6 Å². The molecule has 1 aromatic carbocycles. The van der Waals surface area contributed by atoms with Crippen LogP contribution in [0.3, 0.4) is 0 Å². The number of nitrogens with one attached hydrogen (secondary N) is 2. The lowest BCUT2D eigenvalue weighted by Gasteiger charge is -2.32. The molecule has 2 N–H and O–H groups in total. The zero-order chi connectivity index (χ0) is 17.8. The smallest absolute Gasteiger partial charge is 0.325 e. The minimum absolute atomic E-state index is 0.0836. The second kappa shape index (κ2) is 7.33. The average Bonchev–Trinajstić information content (AvgIpc) is 2.61. The first-order chi connectivity index (χ1) is 12.0. The van der Waals surface area contributed by atoms with Crippen LogP contribution in [0.4, 0.5) is 4.39 Å². The molecule has 1 unspecified atom stereocenters. The van der Waals surface area contributed by atoms with Crippen molar-refractivity contribution in [3.05, 3.63) is 62.7 Å². The summed E-state index contributed by atoms with van der Waals surface area (Å²) >= 11 is 0. The second-order valence-electron chi connectivity index (χ2n) is 6.01. The van der Waals surface area contributed by atoms with E-state index in [-0.39, 0.29) is 17.3 Å². The quantitative estimate of drug-likeness (QED) is 0.867. The highest BCUT2D eigenvalue weighted by Crippen LogP contribution is 2.20. The third kappa shape index (κ3) is 4.14. The van der Waals surface area contributed by atoms with Crippen LogP contribution >= 0.6 is 0 Å². The van der Waals surface area contributed by atoms with Crippen molar-refractivity contribution in [1.29, 1.82) is 0 Å². The molecule has 2 heterocycles. The van der Waals surface area contributed by atoms with E-state index in [2.05, 4.69) is 9.97 Å². The van der Waals surface area contributed by atoms with Crippen molar-refractivity contribution in [3.8, 4) is 5.75 Å². The Morgan fingerprint density at radius 1 is 1.28 bits per heavy atom. The van der Waals surface area contributed by atoms with E-state index in [9.17, 15) is 18.8 Å². The minimum atomic E-state index is -0.696. The monoisotopic (exact) mass is 347 g/mol. The Morgan fingerprint density at radius 2 is 2.04 bits per heavy atom. The molecule has 25 heavy (non-hydrogen) atoms. The van der Waals surface area contributed by atoms with E-state index >= 15 is 0 Å². The first-order valence-electron chi connectivity index (χ1n) is 8.02. The van der Waals surface area contributed by atoms with Crippen molar-refractivity contribution in [1.82, 2.24) is 14.9 Å². The third-order valence-corrected chi connectivity index (χ3v) is 4.16. The summed E-state index contributed by atoms with van der Waals surface area (Å²) in [5.41, 5.74) is -1.43. The van der Waals surface area contributed by atoms with Crippen molar-refractivity contribution in [2.75, 3.05) is 19.7 Å². The van der Waals surface area contributed by atoms with Crippen LogP contribution in [0.5, 0.6) is 5.75 Å². The van der Waals surface area contributed by atoms with E-state index in [1.807, 2.05) is 0 Å². The van der Waals surface area contributed by atoms with Gasteiger partial charge in [-0.2, -0.15) is 0 Å². The van der Waals surface area contributed by atoms with Gasteiger partial charge in [-0.15, -0.1) is 0 Å². The highest BCUT2D eigenvalue weighted by atomic mass is 19.1. The van der Waals surface area contributed by atoms with Gasteiger partial charge in [0, 0.05) is 25.2 Å². The lowest BCUT2D eigenvalue weighted by atomic mass is 9.98. The van der Waals surface area contributed by atoms with Crippen LogP contribution in [0, 0.1) is 11.7 Å². The molecule has 1 atom stereocenters. The van der Waals surface area contributed by atoms with E-state index in [4.69, 9.17) is 4.74 Å². The Balaban J connectivity index is 1.62. The fraction of sp³-hybridized carbons (Fsp3) is 0.353. The molecule has 1 amide bonds. The molecule has 1 aliphatic rings. The Kier molecular flexibility index (Phi) is 4.97. The van der Waals surface area contributed by atoms with E-state index in [0.29, 0.717) is 25.4 Å². The molecule has 0 spiro atoms. The number of carbonyl (C=O) groups excluding carboxylic acids is 1. The average molecular weight is 347 g/mol. The van der Waals surface area contributed by atoms with Crippen molar-refractivity contribution < 1.29 is 13.9 Å². The number of hydrogen-bond acceptors (Lipinski definition) is 4. The number of likely N-dealkylation sites (tertiary alicyclic amines) is 1. The van der Waals surface area contributed by atoms with Gasteiger partial charge in [-0.1, -0.05) is 0 Å². The minimum Gasteiger partial charge on any atom is -0.493 e. The largest absolute Gasteiger partial charge is 0.493 e. The van der Waals surface area contributed by atoms with Crippen LogP contribution in [0.2, 0.25) is 0 Å². The first kappa shape index (κ1) is 16.9. The summed E-state index contributed by atoms with van der Waals surface area (Å²) in [5, 5.41) is 0. The van der Waals surface area contributed by atoms with E-state index in [1.54, 1.807) is 17.0 Å². The molecule has 132 valence electrons. The number of carbonyl (C=O) groups is 1. The zero-order valence-corrected chi connectivity index (χ0v) is 13.5. The molecule has 2 aromatic rings. The third-order valence-electron chi connectivity index (χ3n) is 4.16. The highest BCUT2D eigenvalue weighted by molar-refractivity contribution is 5.93. The lowest BCUT2D eigenvalue weighted by Crippen LogP contribution is -2.44. The molecule has 1 saturated heterocycles. The van der Waals surface area contributed by atoms with Gasteiger partial charge in [-0.25, -0.2) is 9.18 Å². The molecule has 0 bridgehead atoms. The van der Waals surface area contributed by atoms with Gasteiger partial charge < -0.3 is 14.6 Å². The number of rotatable bonds is 4. The molecular formula is C17H18FN3O4. The fourth-order valence-corrected chi connectivity index (χ4v) is 2.87. The zero-order valence-electron chi connectivity index (χ0n) is 13.5. The Morgan fingerprint density at radius 3 is 2.76 bits per heavy atom. The number of hydrogen-bond donors (Lipinski definition) is 2. The topological polar surface area (TPSA) is 95.3 Å². The molecule has 1 aromatic heterocycles. The fourth-order valence-electron chi connectivity index (χ4n) is 2.87. The van der Waals surface area contributed by atoms with Gasteiger partial charge in [-0.05, 0) is 37.1 Å². The summed E-state index contributed by atoms with van der Waals surface area (Å²) in [7, 11) is 0. The molecular weight excluding hydrogens is 329 g/mol. The number of aromatic amines is 2. The maximum absolute atomic E-state index is 12.9. The van der Waals surface area contributed by atoms with Gasteiger partial charge in [0.1, 0.15) is 17.1 Å². The number of H-pyrrole nitrogens is 2. The van der Waals surface area contributed by atoms with Crippen molar-refractivity contribution in [3.63, 3.8) is 0 Å². The first-order valence-corrected chi connectivity index (χ1v) is 8.02. The van der Waals surface area contributed by atoms with Crippen LogP contribution in [0.15, 0.2) is 40.1 Å². The van der Waals surface area contributed by atoms with Crippen molar-refractivity contribution in [2.24, 2.45) is 5.92 Å². The molecule has 8 heteroatoms. The maximum atomic E-state index is 12.9. The number of amides is 1. The lowest BCUT2D eigenvalue weighted by molar-refractivity contribution is 0.0631. The van der Waals surface area contributed by atoms with Gasteiger partial charge in [0.25, 0.3) is 11.5 Å². The van der Waals surface area contributed by atoms with E-state index in [1.165, 1.54) is 12.1 Å². The van der Waals surface area contributed by atoms with Gasteiger partial charge >= 0.3 is 5.69 Å². The van der Waals surface area contributed by atoms with Crippen LogP contribution in [-0.2, 0) is 0 Å². The normalized spacial score (nSPS) is 17.3. The summed E-state index contributed by atoms with van der Waals surface area (Å²) in [4.78, 5) is 41.3. The summed E-state index contributed by atoms with van der Waals surface area (Å²) < 4.78 is 18.5. The summed E-state index contributed by atoms with van der Waals surface area (Å²) in [6.07, 6.45) is 2.83. The number of ether oxygens (including phenoxy) is 1. The summed E-state index contributed by atoms with van der Waals surface area (Å²) in [6.45, 7) is 1.40. The molecule has 0 saturated carbocycles. The molecule has 0 radical (unpaired) electrons. The molecule has 7 nitrogen and oxygen atoms in total. The van der Waals surface area contributed by atoms with Crippen LogP contribution in [0.25, 0.3) is 0 Å². The summed E-state index contributed by atoms with van der Waals surface area (Å²) in [6, 6.07) is 5.77.